The minimum Gasteiger partial charge on any atom is -0.349 e. The van der Waals surface area contributed by atoms with E-state index in [1.807, 2.05) is 13.2 Å². The molecular formula is C16H21N3S. The number of thiophene rings is 1. The molecule has 3 nitrogen and oxygen atoms in total. The molecule has 0 saturated heterocycles. The van der Waals surface area contributed by atoms with E-state index < -0.39 is 0 Å². The number of anilines is 1. The standard InChI is InChI=1S/C16H21N3S/c1-12-7-14(8-17-2)9-18-16(12)19(15-3-4-15)10-13-5-6-20-11-13/h5-7,9,11,15,17H,3-4,8,10H2,1-2H3. The Morgan fingerprint density at radius 3 is 2.85 bits per heavy atom. The topological polar surface area (TPSA) is 28.2 Å². The van der Waals surface area contributed by atoms with Crippen LogP contribution in [0.4, 0.5) is 5.82 Å². The molecule has 0 spiro atoms. The highest BCUT2D eigenvalue weighted by Crippen LogP contribution is 2.34. The van der Waals surface area contributed by atoms with Crippen molar-refractivity contribution in [3.63, 3.8) is 0 Å². The second-order valence-electron chi connectivity index (χ2n) is 5.51. The van der Waals surface area contributed by atoms with Crippen molar-refractivity contribution in [1.82, 2.24) is 10.3 Å². The summed E-state index contributed by atoms with van der Waals surface area (Å²) in [6, 6.07) is 5.14. The first-order chi connectivity index (χ1) is 9.78. The Balaban J connectivity index is 1.83. The molecule has 1 fully saturated rings. The van der Waals surface area contributed by atoms with Gasteiger partial charge in [-0.3, -0.25) is 0 Å². The molecule has 3 rings (SSSR count). The molecule has 4 heteroatoms. The van der Waals surface area contributed by atoms with Gasteiger partial charge in [-0.1, -0.05) is 0 Å². The number of nitrogens with zero attached hydrogens (tertiary/aromatic N) is 2. The normalized spacial score (nSPS) is 14.5. The maximum atomic E-state index is 4.73. The molecule has 1 N–H and O–H groups in total. The maximum Gasteiger partial charge on any atom is 0.131 e. The van der Waals surface area contributed by atoms with E-state index in [1.54, 1.807) is 11.3 Å². The van der Waals surface area contributed by atoms with Gasteiger partial charge in [0.2, 0.25) is 0 Å². The van der Waals surface area contributed by atoms with Gasteiger partial charge in [-0.25, -0.2) is 4.98 Å². The predicted molar refractivity (Wildman–Crippen MR) is 85.3 cm³/mol. The Labute approximate surface area is 124 Å². The molecule has 0 unspecified atom stereocenters. The summed E-state index contributed by atoms with van der Waals surface area (Å²) < 4.78 is 0. The fraction of sp³-hybridized carbons (Fsp3) is 0.438. The van der Waals surface area contributed by atoms with Crippen molar-refractivity contribution in [2.24, 2.45) is 0 Å². The Morgan fingerprint density at radius 2 is 2.25 bits per heavy atom. The largest absolute Gasteiger partial charge is 0.349 e. The Hall–Kier alpha value is -1.39. The molecule has 1 aliphatic carbocycles. The van der Waals surface area contributed by atoms with Gasteiger partial charge in [0.15, 0.2) is 0 Å². The van der Waals surface area contributed by atoms with E-state index in [4.69, 9.17) is 4.98 Å². The van der Waals surface area contributed by atoms with Crippen molar-refractivity contribution in [3.8, 4) is 0 Å². The number of rotatable bonds is 6. The van der Waals surface area contributed by atoms with Crippen molar-refractivity contribution in [2.75, 3.05) is 11.9 Å². The van der Waals surface area contributed by atoms with Crippen LogP contribution in [0.15, 0.2) is 29.1 Å². The number of aromatic nitrogens is 1. The Kier molecular flexibility index (Phi) is 4.03. The highest BCUT2D eigenvalue weighted by Gasteiger charge is 2.30. The lowest BCUT2D eigenvalue weighted by atomic mass is 10.2. The van der Waals surface area contributed by atoms with Gasteiger partial charge < -0.3 is 10.2 Å². The molecular weight excluding hydrogens is 266 g/mol. The summed E-state index contributed by atoms with van der Waals surface area (Å²) in [7, 11) is 1.97. The van der Waals surface area contributed by atoms with Crippen LogP contribution in [0.5, 0.6) is 0 Å². The average Bonchev–Trinajstić information content (AvgIpc) is 3.15. The lowest BCUT2D eigenvalue weighted by molar-refractivity contribution is 0.768. The zero-order valence-corrected chi connectivity index (χ0v) is 12.9. The molecule has 20 heavy (non-hydrogen) atoms. The highest BCUT2D eigenvalue weighted by molar-refractivity contribution is 7.07. The van der Waals surface area contributed by atoms with Crippen LogP contribution in [0.1, 0.15) is 29.5 Å². The monoisotopic (exact) mass is 287 g/mol. The van der Waals surface area contributed by atoms with E-state index >= 15 is 0 Å². The van der Waals surface area contributed by atoms with Gasteiger partial charge in [0.05, 0.1) is 0 Å². The Bertz CT molecular complexity index is 561. The van der Waals surface area contributed by atoms with Gasteiger partial charge in [-0.05, 0) is 66.4 Å². The summed E-state index contributed by atoms with van der Waals surface area (Å²) >= 11 is 1.77. The summed E-state index contributed by atoms with van der Waals surface area (Å²) in [5.41, 5.74) is 3.92. The lowest BCUT2D eigenvalue weighted by Gasteiger charge is -2.25. The molecule has 0 bridgehead atoms. The first kappa shape index (κ1) is 13.6. The summed E-state index contributed by atoms with van der Waals surface area (Å²) in [6.07, 6.45) is 4.59. The van der Waals surface area contributed by atoms with Gasteiger partial charge in [0.25, 0.3) is 0 Å². The lowest BCUT2D eigenvalue weighted by Crippen LogP contribution is -2.26. The van der Waals surface area contributed by atoms with Crippen LogP contribution in [0.3, 0.4) is 0 Å². The van der Waals surface area contributed by atoms with E-state index in [-0.39, 0.29) is 0 Å². The molecule has 0 radical (unpaired) electrons. The number of hydrogen-bond acceptors (Lipinski definition) is 4. The zero-order valence-electron chi connectivity index (χ0n) is 12.1. The predicted octanol–water partition coefficient (Wildman–Crippen LogP) is 3.34. The van der Waals surface area contributed by atoms with Crippen LogP contribution < -0.4 is 10.2 Å². The third-order valence-electron chi connectivity index (χ3n) is 3.68. The average molecular weight is 287 g/mol. The number of aryl methyl sites for hydroxylation is 1. The highest BCUT2D eigenvalue weighted by atomic mass is 32.1. The van der Waals surface area contributed by atoms with E-state index in [2.05, 4.69) is 40.0 Å². The second-order valence-corrected chi connectivity index (χ2v) is 6.29. The number of nitrogens with one attached hydrogen (secondary N) is 1. The molecule has 2 aromatic rings. The molecule has 0 aromatic carbocycles. The zero-order chi connectivity index (χ0) is 13.9. The van der Waals surface area contributed by atoms with Gasteiger partial charge in [-0.2, -0.15) is 11.3 Å². The fourth-order valence-corrected chi connectivity index (χ4v) is 3.23. The summed E-state index contributed by atoms with van der Waals surface area (Å²) in [4.78, 5) is 7.20. The quantitative estimate of drug-likeness (QED) is 0.883. The van der Waals surface area contributed by atoms with Crippen molar-refractivity contribution < 1.29 is 0 Å². The van der Waals surface area contributed by atoms with Crippen LogP contribution in [0.2, 0.25) is 0 Å². The molecule has 2 heterocycles. The van der Waals surface area contributed by atoms with E-state index in [1.165, 1.54) is 29.5 Å². The summed E-state index contributed by atoms with van der Waals surface area (Å²) in [5.74, 6) is 1.15. The van der Waals surface area contributed by atoms with Crippen LogP contribution >= 0.6 is 11.3 Å². The first-order valence-corrected chi connectivity index (χ1v) is 8.10. The van der Waals surface area contributed by atoms with Gasteiger partial charge in [0, 0.05) is 25.3 Å². The van der Waals surface area contributed by atoms with Crippen molar-refractivity contribution in [1.29, 1.82) is 0 Å². The minimum atomic E-state index is 0.677. The van der Waals surface area contributed by atoms with Crippen molar-refractivity contribution >= 4 is 17.2 Å². The minimum absolute atomic E-state index is 0.677. The SMILES string of the molecule is CNCc1cnc(N(Cc2ccsc2)C2CC2)c(C)c1. The van der Waals surface area contributed by atoms with Crippen LogP contribution in [0, 0.1) is 6.92 Å². The second kappa shape index (κ2) is 5.94. The van der Waals surface area contributed by atoms with Gasteiger partial charge in [-0.15, -0.1) is 0 Å². The molecule has 0 amide bonds. The third-order valence-corrected chi connectivity index (χ3v) is 4.41. The van der Waals surface area contributed by atoms with Crippen LogP contribution in [0.25, 0.3) is 0 Å². The maximum absolute atomic E-state index is 4.73. The molecule has 0 atom stereocenters. The van der Waals surface area contributed by atoms with Crippen LogP contribution in [-0.4, -0.2) is 18.1 Å². The van der Waals surface area contributed by atoms with Crippen LogP contribution in [-0.2, 0) is 13.1 Å². The van der Waals surface area contributed by atoms with E-state index in [9.17, 15) is 0 Å². The summed E-state index contributed by atoms with van der Waals surface area (Å²) in [6.45, 7) is 4.03. The molecule has 2 aromatic heterocycles. The first-order valence-electron chi connectivity index (χ1n) is 7.16. The fourth-order valence-electron chi connectivity index (χ4n) is 2.57. The third kappa shape index (κ3) is 3.02. The summed E-state index contributed by atoms with van der Waals surface area (Å²) in [5, 5.41) is 7.56. The molecule has 0 aliphatic heterocycles. The molecule has 1 aliphatic rings. The molecule has 1 saturated carbocycles. The van der Waals surface area contributed by atoms with Crippen molar-refractivity contribution in [2.45, 2.75) is 38.9 Å². The van der Waals surface area contributed by atoms with E-state index in [0.29, 0.717) is 6.04 Å². The molecule has 106 valence electrons. The Morgan fingerprint density at radius 1 is 1.40 bits per heavy atom. The smallest absolute Gasteiger partial charge is 0.131 e. The number of hydrogen-bond donors (Lipinski definition) is 1. The van der Waals surface area contributed by atoms with Gasteiger partial charge in [0.1, 0.15) is 5.82 Å². The van der Waals surface area contributed by atoms with E-state index in [0.717, 1.165) is 18.9 Å². The van der Waals surface area contributed by atoms with Crippen molar-refractivity contribution in [3.05, 3.63) is 45.8 Å². The number of pyridine rings is 1. The van der Waals surface area contributed by atoms with Gasteiger partial charge >= 0.3 is 0 Å².